The van der Waals surface area contributed by atoms with Gasteiger partial charge in [0.1, 0.15) is 0 Å². The lowest BCUT2D eigenvalue weighted by atomic mass is 10.1. The molecular weight excluding hydrogens is 316 g/mol. The van der Waals surface area contributed by atoms with Crippen LogP contribution in [0, 0.1) is 5.92 Å². The van der Waals surface area contributed by atoms with Crippen molar-refractivity contribution in [2.45, 2.75) is 26.8 Å². The number of amides is 1. The van der Waals surface area contributed by atoms with Gasteiger partial charge in [-0.05, 0) is 29.8 Å². The Morgan fingerprint density at radius 2 is 1.54 bits per heavy atom. The average Bonchev–Trinajstić information content (AvgIpc) is 2.60. The Kier molecular flexibility index (Phi) is 6.94. The molecule has 0 saturated heterocycles. The number of carbonyl (C=O) groups excluding carboxylic acids is 1. The van der Waals surface area contributed by atoms with Crippen molar-refractivity contribution in [2.24, 2.45) is 5.92 Å². The Morgan fingerprint density at radius 1 is 1.00 bits per heavy atom. The molecule has 126 valence electrons. The number of nitrogens with one attached hydrogen (secondary N) is 1. The lowest BCUT2D eigenvalue weighted by Crippen LogP contribution is -2.45. The second-order valence-electron chi connectivity index (χ2n) is 6.03. The molecule has 0 aliphatic heterocycles. The summed E-state index contributed by atoms with van der Waals surface area (Å²) in [5.74, 6) is -0.0568. The summed E-state index contributed by atoms with van der Waals surface area (Å²) in [6.07, 6.45) is 0.871. The molecule has 2 aromatic rings. The summed E-state index contributed by atoms with van der Waals surface area (Å²) in [7, 11) is 0. The number of carbonyl (C=O) groups is 1. The summed E-state index contributed by atoms with van der Waals surface area (Å²) < 4.78 is 0. The van der Waals surface area contributed by atoms with E-state index in [0.717, 1.165) is 12.0 Å². The highest BCUT2D eigenvalue weighted by atomic mass is 32.1. The number of nitrogens with zero attached hydrogens (tertiary/aromatic N) is 1. The molecule has 0 heterocycles. The predicted octanol–water partition coefficient (Wildman–Crippen LogP) is 3.79. The summed E-state index contributed by atoms with van der Waals surface area (Å²) in [6.45, 7) is 4.99. The minimum Gasteiger partial charge on any atom is -0.362 e. The van der Waals surface area contributed by atoms with Crippen molar-refractivity contribution in [3.63, 3.8) is 0 Å². The van der Waals surface area contributed by atoms with Crippen LogP contribution < -0.4 is 5.32 Å². The Bertz CT molecular complexity index is 656. The first-order valence-electron chi connectivity index (χ1n) is 8.25. The average molecular weight is 340 g/mol. The Hall–Kier alpha value is -2.20. The van der Waals surface area contributed by atoms with E-state index >= 15 is 0 Å². The highest BCUT2D eigenvalue weighted by Gasteiger charge is 2.21. The summed E-state index contributed by atoms with van der Waals surface area (Å²) in [5, 5.41) is 3.72. The van der Waals surface area contributed by atoms with E-state index in [2.05, 4.69) is 17.4 Å². The molecule has 0 atom stereocenters. The van der Waals surface area contributed by atoms with E-state index in [9.17, 15) is 4.79 Å². The zero-order valence-corrected chi connectivity index (χ0v) is 15.1. The molecule has 0 bridgehead atoms. The highest BCUT2D eigenvalue weighted by Crippen LogP contribution is 2.09. The second kappa shape index (κ2) is 9.18. The molecule has 1 amide bonds. The van der Waals surface area contributed by atoms with Gasteiger partial charge in [0.25, 0.3) is 0 Å². The predicted molar refractivity (Wildman–Crippen MR) is 103 cm³/mol. The van der Waals surface area contributed by atoms with Gasteiger partial charge in [-0.15, -0.1) is 0 Å². The van der Waals surface area contributed by atoms with Crippen molar-refractivity contribution in [3.05, 3.63) is 71.8 Å². The van der Waals surface area contributed by atoms with Crippen LogP contribution in [-0.4, -0.2) is 22.5 Å². The van der Waals surface area contributed by atoms with Crippen molar-refractivity contribution in [2.75, 3.05) is 6.54 Å². The Balaban J connectivity index is 1.97. The van der Waals surface area contributed by atoms with Crippen LogP contribution in [-0.2, 0) is 17.8 Å². The third-order valence-electron chi connectivity index (χ3n) is 3.72. The fourth-order valence-corrected chi connectivity index (χ4v) is 2.64. The molecule has 2 aromatic carbocycles. The van der Waals surface area contributed by atoms with Crippen molar-refractivity contribution < 1.29 is 4.79 Å². The lowest BCUT2D eigenvalue weighted by Gasteiger charge is -2.26. The molecule has 1 N–H and O–H groups in total. The van der Waals surface area contributed by atoms with E-state index in [0.29, 0.717) is 18.2 Å². The van der Waals surface area contributed by atoms with E-state index in [4.69, 9.17) is 12.2 Å². The van der Waals surface area contributed by atoms with E-state index in [1.165, 1.54) is 5.56 Å². The molecule has 0 spiro atoms. The van der Waals surface area contributed by atoms with Gasteiger partial charge in [-0.1, -0.05) is 74.5 Å². The van der Waals surface area contributed by atoms with Crippen LogP contribution >= 0.6 is 12.2 Å². The van der Waals surface area contributed by atoms with Gasteiger partial charge in [0.2, 0.25) is 5.91 Å². The maximum Gasteiger partial charge on any atom is 0.231 e. The molecule has 0 radical (unpaired) electrons. The molecule has 4 heteroatoms. The van der Waals surface area contributed by atoms with Crippen LogP contribution in [0.4, 0.5) is 0 Å². The molecule has 2 rings (SSSR count). The van der Waals surface area contributed by atoms with Gasteiger partial charge >= 0.3 is 0 Å². The van der Waals surface area contributed by atoms with Crippen LogP contribution in [0.1, 0.15) is 25.0 Å². The molecular formula is C20H24N2OS. The van der Waals surface area contributed by atoms with Crippen molar-refractivity contribution >= 4 is 23.2 Å². The molecule has 0 aliphatic rings. The van der Waals surface area contributed by atoms with E-state index in [1.807, 2.05) is 62.4 Å². The number of rotatable bonds is 6. The minimum absolute atomic E-state index is 0.0380. The molecule has 0 aliphatic carbocycles. The van der Waals surface area contributed by atoms with E-state index in [1.54, 1.807) is 4.90 Å². The second-order valence-corrected chi connectivity index (χ2v) is 6.42. The van der Waals surface area contributed by atoms with E-state index in [-0.39, 0.29) is 11.8 Å². The van der Waals surface area contributed by atoms with Crippen molar-refractivity contribution in [1.82, 2.24) is 10.2 Å². The third kappa shape index (κ3) is 5.46. The number of hydrogen-bond acceptors (Lipinski definition) is 2. The molecule has 0 unspecified atom stereocenters. The molecule has 3 nitrogen and oxygen atoms in total. The summed E-state index contributed by atoms with van der Waals surface area (Å²) >= 11 is 5.48. The number of hydrogen-bond donors (Lipinski definition) is 1. The van der Waals surface area contributed by atoms with Gasteiger partial charge in [-0.25, -0.2) is 0 Å². The maximum absolute atomic E-state index is 12.5. The third-order valence-corrected chi connectivity index (χ3v) is 4.09. The van der Waals surface area contributed by atoms with Crippen molar-refractivity contribution in [1.29, 1.82) is 0 Å². The van der Waals surface area contributed by atoms with Crippen LogP contribution in [0.25, 0.3) is 0 Å². The Morgan fingerprint density at radius 3 is 2.08 bits per heavy atom. The highest BCUT2D eigenvalue weighted by molar-refractivity contribution is 7.80. The minimum atomic E-state index is -0.0948. The summed E-state index contributed by atoms with van der Waals surface area (Å²) in [5.41, 5.74) is 2.32. The quantitative estimate of drug-likeness (QED) is 0.812. The first kappa shape index (κ1) is 18.1. The van der Waals surface area contributed by atoms with Crippen LogP contribution in [0.15, 0.2) is 60.7 Å². The van der Waals surface area contributed by atoms with E-state index < -0.39 is 0 Å². The number of thiocarbonyl (C=S) groups is 1. The largest absolute Gasteiger partial charge is 0.362 e. The Labute approximate surface area is 149 Å². The van der Waals surface area contributed by atoms with Crippen LogP contribution in [0.2, 0.25) is 0 Å². The van der Waals surface area contributed by atoms with Gasteiger partial charge in [0, 0.05) is 12.5 Å². The summed E-state index contributed by atoms with van der Waals surface area (Å²) in [4.78, 5) is 14.2. The molecule has 0 saturated carbocycles. The zero-order chi connectivity index (χ0) is 17.4. The van der Waals surface area contributed by atoms with Crippen LogP contribution in [0.5, 0.6) is 0 Å². The van der Waals surface area contributed by atoms with Gasteiger partial charge in [-0.3, -0.25) is 9.69 Å². The first-order chi connectivity index (χ1) is 11.6. The maximum atomic E-state index is 12.5. The smallest absolute Gasteiger partial charge is 0.231 e. The standard InChI is InChI=1S/C20H24N2OS/c1-16(2)19(23)22(15-18-11-7-4-8-12-18)20(24)21-14-13-17-9-5-3-6-10-17/h3-12,16H,13-15H2,1-2H3,(H,21,24). The van der Waals surface area contributed by atoms with Gasteiger partial charge in [0.05, 0.1) is 6.54 Å². The van der Waals surface area contributed by atoms with Gasteiger partial charge < -0.3 is 5.32 Å². The van der Waals surface area contributed by atoms with Crippen LogP contribution in [0.3, 0.4) is 0 Å². The molecule has 0 fully saturated rings. The zero-order valence-electron chi connectivity index (χ0n) is 14.2. The fourth-order valence-electron chi connectivity index (χ4n) is 2.38. The topological polar surface area (TPSA) is 32.3 Å². The van der Waals surface area contributed by atoms with Crippen molar-refractivity contribution in [3.8, 4) is 0 Å². The fraction of sp³-hybridized carbons (Fsp3) is 0.300. The molecule has 0 aromatic heterocycles. The monoisotopic (exact) mass is 340 g/mol. The molecule has 24 heavy (non-hydrogen) atoms. The number of benzene rings is 2. The van der Waals surface area contributed by atoms with Gasteiger partial charge in [0.15, 0.2) is 5.11 Å². The lowest BCUT2D eigenvalue weighted by molar-refractivity contribution is -0.131. The summed E-state index contributed by atoms with van der Waals surface area (Å²) in [6, 6.07) is 20.2. The normalized spacial score (nSPS) is 10.5. The first-order valence-corrected chi connectivity index (χ1v) is 8.66. The van der Waals surface area contributed by atoms with Gasteiger partial charge in [-0.2, -0.15) is 0 Å². The SMILES string of the molecule is CC(C)C(=O)N(Cc1ccccc1)C(=S)NCCc1ccccc1.